The van der Waals surface area contributed by atoms with E-state index in [0.29, 0.717) is 0 Å². The van der Waals surface area contributed by atoms with Crippen molar-refractivity contribution in [1.29, 1.82) is 0 Å². The first kappa shape index (κ1) is 12.6. The highest BCUT2D eigenvalue weighted by Gasteiger charge is 2.22. The molecule has 17 heavy (non-hydrogen) atoms. The molecule has 1 unspecified atom stereocenters. The number of rotatable bonds is 2. The van der Waals surface area contributed by atoms with Crippen LogP contribution in [-0.4, -0.2) is 5.60 Å². The van der Waals surface area contributed by atoms with Crippen LogP contribution in [0.5, 0.6) is 0 Å². The van der Waals surface area contributed by atoms with E-state index in [0.717, 1.165) is 12.8 Å². The Morgan fingerprint density at radius 3 is 2.65 bits per heavy atom. The van der Waals surface area contributed by atoms with E-state index in [1.165, 1.54) is 24.0 Å². The monoisotopic (exact) mass is 234 g/mol. The van der Waals surface area contributed by atoms with Crippen molar-refractivity contribution in [2.45, 2.75) is 58.2 Å². The summed E-state index contributed by atoms with van der Waals surface area (Å²) in [4.78, 5) is 11.1. The zero-order chi connectivity index (χ0) is 12.3. The molecule has 0 saturated heterocycles. The summed E-state index contributed by atoms with van der Waals surface area (Å²) >= 11 is 0. The number of hydrogen-bond donors (Lipinski definition) is 0. The second-order valence-corrected chi connectivity index (χ2v) is 5.73. The molecule has 0 spiro atoms. The highest BCUT2D eigenvalue weighted by Crippen LogP contribution is 2.32. The summed E-state index contributed by atoms with van der Waals surface area (Å²) in [5.41, 5.74) is 2.46. The maximum absolute atomic E-state index is 5.65. The van der Waals surface area contributed by atoms with Gasteiger partial charge in [-0.1, -0.05) is 30.7 Å². The van der Waals surface area contributed by atoms with E-state index in [-0.39, 0.29) is 11.7 Å². The molecule has 94 valence electrons. The van der Waals surface area contributed by atoms with Crippen molar-refractivity contribution in [3.63, 3.8) is 0 Å². The fraction of sp³-hybridized carbons (Fsp3) is 0.600. The highest BCUT2D eigenvalue weighted by atomic mass is 17.2. The molecule has 0 heterocycles. The minimum absolute atomic E-state index is 0.0907. The van der Waals surface area contributed by atoms with Gasteiger partial charge in [0.25, 0.3) is 0 Å². The first-order valence-corrected chi connectivity index (χ1v) is 6.48. The van der Waals surface area contributed by atoms with Crippen LogP contribution >= 0.6 is 0 Å². The third-order valence-corrected chi connectivity index (χ3v) is 2.98. The Kier molecular flexibility index (Phi) is 3.85. The summed E-state index contributed by atoms with van der Waals surface area (Å²) in [6.45, 7) is 6.03. The van der Waals surface area contributed by atoms with Gasteiger partial charge in [-0.15, -0.1) is 0 Å². The van der Waals surface area contributed by atoms with Crippen molar-refractivity contribution < 1.29 is 9.78 Å². The quantitative estimate of drug-likeness (QED) is 0.434. The maximum Gasteiger partial charge on any atom is 0.118 e. The lowest BCUT2D eigenvalue weighted by atomic mass is 10.0. The molecule has 1 aromatic rings. The molecule has 1 aliphatic carbocycles. The number of fused-ring (bicyclic) bond motifs is 1. The summed E-state index contributed by atoms with van der Waals surface area (Å²) < 4.78 is 0. The fourth-order valence-corrected chi connectivity index (χ4v) is 2.18. The van der Waals surface area contributed by atoms with E-state index >= 15 is 0 Å². The van der Waals surface area contributed by atoms with E-state index in [1.54, 1.807) is 0 Å². The average Bonchev–Trinajstić information content (AvgIpc) is 2.47. The predicted octanol–water partition coefficient (Wildman–Crippen LogP) is 4.20. The average molecular weight is 234 g/mol. The van der Waals surface area contributed by atoms with Gasteiger partial charge in [-0.2, -0.15) is 0 Å². The van der Waals surface area contributed by atoms with E-state index in [2.05, 4.69) is 24.3 Å². The van der Waals surface area contributed by atoms with Crippen molar-refractivity contribution in [2.24, 2.45) is 0 Å². The zero-order valence-corrected chi connectivity index (χ0v) is 11.0. The van der Waals surface area contributed by atoms with Crippen LogP contribution in [-0.2, 0) is 16.2 Å². The van der Waals surface area contributed by atoms with Crippen molar-refractivity contribution in [3.05, 3.63) is 35.4 Å². The van der Waals surface area contributed by atoms with Crippen molar-refractivity contribution >= 4 is 0 Å². The van der Waals surface area contributed by atoms with Gasteiger partial charge >= 0.3 is 0 Å². The molecule has 0 aromatic heterocycles. The van der Waals surface area contributed by atoms with Crippen LogP contribution in [0.2, 0.25) is 0 Å². The van der Waals surface area contributed by atoms with Gasteiger partial charge in [0.05, 0.1) is 5.60 Å². The molecule has 1 aliphatic rings. The molecular weight excluding hydrogens is 212 g/mol. The SMILES string of the molecule is CC(C)(C)OOC1CCCCc2ccccc21. The van der Waals surface area contributed by atoms with Gasteiger partial charge in [-0.25, -0.2) is 9.78 Å². The van der Waals surface area contributed by atoms with Gasteiger partial charge in [0.15, 0.2) is 0 Å². The minimum atomic E-state index is -0.249. The topological polar surface area (TPSA) is 18.5 Å². The number of aryl methyl sites for hydroxylation is 1. The lowest BCUT2D eigenvalue weighted by Gasteiger charge is -2.23. The van der Waals surface area contributed by atoms with Crippen LogP contribution in [0.1, 0.15) is 57.3 Å². The van der Waals surface area contributed by atoms with Gasteiger partial charge in [-0.05, 0) is 51.2 Å². The van der Waals surface area contributed by atoms with Gasteiger partial charge < -0.3 is 0 Å². The summed E-state index contributed by atoms with van der Waals surface area (Å²) in [7, 11) is 0. The largest absolute Gasteiger partial charge is 0.230 e. The van der Waals surface area contributed by atoms with Crippen LogP contribution in [0.25, 0.3) is 0 Å². The molecule has 2 heteroatoms. The normalized spacial score (nSPS) is 20.8. The van der Waals surface area contributed by atoms with Crippen LogP contribution in [0.3, 0.4) is 0 Å². The maximum atomic E-state index is 5.65. The molecule has 2 nitrogen and oxygen atoms in total. The summed E-state index contributed by atoms with van der Waals surface area (Å²) in [6, 6.07) is 8.55. The van der Waals surface area contributed by atoms with Crippen LogP contribution < -0.4 is 0 Å². The standard InChI is InChI=1S/C15H22O2/c1-15(2,3)17-16-14-11-7-5-9-12-8-4-6-10-13(12)14/h4,6,8,10,14H,5,7,9,11H2,1-3H3. The molecule has 0 fully saturated rings. The fourth-order valence-electron chi connectivity index (χ4n) is 2.18. The first-order chi connectivity index (χ1) is 8.06. The van der Waals surface area contributed by atoms with E-state index < -0.39 is 0 Å². The van der Waals surface area contributed by atoms with Crippen LogP contribution in [0.15, 0.2) is 24.3 Å². The summed E-state index contributed by atoms with van der Waals surface area (Å²) in [6.07, 6.45) is 4.74. The molecular formula is C15H22O2. The Morgan fingerprint density at radius 2 is 1.88 bits per heavy atom. The molecule has 0 radical (unpaired) electrons. The van der Waals surface area contributed by atoms with Crippen LogP contribution in [0, 0.1) is 0 Å². The van der Waals surface area contributed by atoms with Crippen molar-refractivity contribution in [3.8, 4) is 0 Å². The van der Waals surface area contributed by atoms with Gasteiger partial charge in [0.2, 0.25) is 0 Å². The minimum Gasteiger partial charge on any atom is -0.230 e. The Hall–Kier alpha value is -0.860. The lowest BCUT2D eigenvalue weighted by molar-refractivity contribution is -0.376. The Balaban J connectivity index is 2.12. The Labute approximate surface area is 104 Å². The second-order valence-electron chi connectivity index (χ2n) is 5.73. The lowest BCUT2D eigenvalue weighted by Crippen LogP contribution is -2.21. The Bertz CT molecular complexity index is 365. The third kappa shape index (κ3) is 3.55. The molecule has 1 atom stereocenters. The summed E-state index contributed by atoms with van der Waals surface area (Å²) in [5.74, 6) is 0. The molecule has 0 aliphatic heterocycles. The van der Waals surface area contributed by atoms with Crippen LogP contribution in [0.4, 0.5) is 0 Å². The van der Waals surface area contributed by atoms with Gasteiger partial charge in [0, 0.05) is 0 Å². The molecule has 1 aromatic carbocycles. The number of hydrogen-bond acceptors (Lipinski definition) is 2. The van der Waals surface area contributed by atoms with Gasteiger partial charge in [-0.3, -0.25) is 0 Å². The molecule has 0 amide bonds. The molecule has 2 rings (SSSR count). The predicted molar refractivity (Wildman–Crippen MR) is 68.7 cm³/mol. The third-order valence-electron chi connectivity index (χ3n) is 2.98. The summed E-state index contributed by atoms with van der Waals surface area (Å²) in [5, 5.41) is 0. The molecule has 0 bridgehead atoms. The van der Waals surface area contributed by atoms with Gasteiger partial charge in [0.1, 0.15) is 6.10 Å². The molecule has 0 N–H and O–H groups in total. The molecule has 0 saturated carbocycles. The second kappa shape index (κ2) is 5.19. The number of benzene rings is 1. The van der Waals surface area contributed by atoms with E-state index in [1.807, 2.05) is 20.8 Å². The first-order valence-electron chi connectivity index (χ1n) is 6.48. The highest BCUT2D eigenvalue weighted by molar-refractivity contribution is 5.30. The zero-order valence-electron chi connectivity index (χ0n) is 11.0. The van der Waals surface area contributed by atoms with E-state index in [9.17, 15) is 0 Å². The Morgan fingerprint density at radius 1 is 1.12 bits per heavy atom. The smallest absolute Gasteiger partial charge is 0.118 e. The van der Waals surface area contributed by atoms with Crippen molar-refractivity contribution in [2.75, 3.05) is 0 Å². The van der Waals surface area contributed by atoms with E-state index in [4.69, 9.17) is 9.78 Å². The van der Waals surface area contributed by atoms with Crippen molar-refractivity contribution in [1.82, 2.24) is 0 Å².